The van der Waals surface area contributed by atoms with E-state index in [2.05, 4.69) is 20.5 Å². The highest BCUT2D eigenvalue weighted by molar-refractivity contribution is 6.30. The zero-order valence-corrected chi connectivity index (χ0v) is 14.2. The number of phenolic OH excluding ortho intramolecular Hbond substituents is 1. The molecule has 122 valence electrons. The third kappa shape index (κ3) is 4.46. The molecular weight excluding hydrogens is 316 g/mol. The van der Waals surface area contributed by atoms with Crippen LogP contribution in [0.4, 0.5) is 17.6 Å². The lowest BCUT2D eigenvalue weighted by Gasteiger charge is -2.17. The summed E-state index contributed by atoms with van der Waals surface area (Å²) in [4.78, 5) is 12.5. The van der Waals surface area contributed by atoms with Crippen molar-refractivity contribution in [1.82, 2.24) is 9.97 Å². The standard InChI is InChI=1S/C15H19ClN6O/c1-21(2)14-8-13(18-15(19-14)22(3)4)20-17-9-10-7-11(16)5-6-12(10)23/h5-9,23H,1-4H3,(H,18,19,20)/b17-9+. The predicted octanol–water partition coefficient (Wildman–Crippen LogP) is 2.41. The molecule has 0 radical (unpaired) electrons. The van der Waals surface area contributed by atoms with Crippen molar-refractivity contribution in [2.24, 2.45) is 5.10 Å². The normalized spacial score (nSPS) is 10.8. The fourth-order valence-electron chi connectivity index (χ4n) is 1.71. The van der Waals surface area contributed by atoms with Crippen molar-refractivity contribution < 1.29 is 5.11 Å². The molecule has 23 heavy (non-hydrogen) atoms. The quantitative estimate of drug-likeness (QED) is 0.646. The summed E-state index contributed by atoms with van der Waals surface area (Å²) in [7, 11) is 7.54. The maximum atomic E-state index is 9.75. The summed E-state index contributed by atoms with van der Waals surface area (Å²) < 4.78 is 0. The minimum absolute atomic E-state index is 0.102. The Kier molecular flexibility index (Phi) is 5.23. The largest absolute Gasteiger partial charge is 0.507 e. The molecule has 0 unspecified atom stereocenters. The van der Waals surface area contributed by atoms with Gasteiger partial charge in [0.2, 0.25) is 5.95 Å². The van der Waals surface area contributed by atoms with Gasteiger partial charge in [-0.25, -0.2) is 0 Å². The SMILES string of the molecule is CN(C)c1cc(N/N=C/c2cc(Cl)ccc2O)nc(N(C)C)n1. The van der Waals surface area contributed by atoms with E-state index in [-0.39, 0.29) is 5.75 Å². The Labute approximate surface area is 140 Å². The van der Waals surface area contributed by atoms with Crippen LogP contribution in [-0.4, -0.2) is 49.5 Å². The summed E-state index contributed by atoms with van der Waals surface area (Å²) in [6.45, 7) is 0. The molecule has 0 aliphatic heterocycles. The topological polar surface area (TPSA) is 76.9 Å². The van der Waals surface area contributed by atoms with Crippen molar-refractivity contribution in [3.63, 3.8) is 0 Å². The van der Waals surface area contributed by atoms with Crippen molar-refractivity contribution in [3.8, 4) is 5.75 Å². The van der Waals surface area contributed by atoms with Crippen molar-refractivity contribution >= 4 is 35.4 Å². The lowest BCUT2D eigenvalue weighted by molar-refractivity contribution is 0.474. The number of benzene rings is 1. The molecule has 0 saturated carbocycles. The number of aromatic nitrogens is 2. The first-order chi connectivity index (χ1) is 10.9. The van der Waals surface area contributed by atoms with Crippen LogP contribution >= 0.6 is 11.6 Å². The van der Waals surface area contributed by atoms with Gasteiger partial charge >= 0.3 is 0 Å². The Hall–Kier alpha value is -2.54. The molecule has 0 aliphatic rings. The third-order valence-corrected chi connectivity index (χ3v) is 3.17. The molecule has 2 N–H and O–H groups in total. The zero-order chi connectivity index (χ0) is 17.0. The van der Waals surface area contributed by atoms with Gasteiger partial charge in [0, 0.05) is 44.8 Å². The molecular formula is C15H19ClN6O. The fourth-order valence-corrected chi connectivity index (χ4v) is 1.89. The van der Waals surface area contributed by atoms with E-state index in [9.17, 15) is 5.11 Å². The van der Waals surface area contributed by atoms with E-state index >= 15 is 0 Å². The molecule has 1 heterocycles. The van der Waals surface area contributed by atoms with Gasteiger partial charge in [-0.2, -0.15) is 15.1 Å². The van der Waals surface area contributed by atoms with E-state index in [1.807, 2.05) is 38.0 Å². The highest BCUT2D eigenvalue weighted by atomic mass is 35.5. The number of phenols is 1. The molecule has 8 heteroatoms. The van der Waals surface area contributed by atoms with Crippen LogP contribution in [0.15, 0.2) is 29.4 Å². The predicted molar refractivity (Wildman–Crippen MR) is 95.0 cm³/mol. The lowest BCUT2D eigenvalue weighted by atomic mass is 10.2. The Morgan fingerprint density at radius 1 is 1.13 bits per heavy atom. The number of hydrogen-bond acceptors (Lipinski definition) is 7. The Balaban J connectivity index is 2.22. The lowest BCUT2D eigenvalue weighted by Crippen LogP contribution is -2.17. The Bertz CT molecular complexity index is 691. The van der Waals surface area contributed by atoms with Crippen LogP contribution in [0.1, 0.15) is 5.56 Å². The summed E-state index contributed by atoms with van der Waals surface area (Å²) in [6.07, 6.45) is 1.48. The molecule has 0 saturated heterocycles. The second-order valence-electron chi connectivity index (χ2n) is 5.27. The van der Waals surface area contributed by atoms with Gasteiger partial charge in [-0.1, -0.05) is 11.6 Å². The molecule has 0 bridgehead atoms. The minimum atomic E-state index is 0.102. The van der Waals surface area contributed by atoms with E-state index in [0.717, 1.165) is 5.82 Å². The summed E-state index contributed by atoms with van der Waals surface area (Å²) in [5.74, 6) is 1.97. The van der Waals surface area contributed by atoms with Crippen LogP contribution in [0.5, 0.6) is 5.75 Å². The van der Waals surface area contributed by atoms with Crippen molar-refractivity contribution in [1.29, 1.82) is 0 Å². The van der Waals surface area contributed by atoms with Gasteiger partial charge in [0.25, 0.3) is 0 Å². The Morgan fingerprint density at radius 2 is 1.87 bits per heavy atom. The first kappa shape index (κ1) is 16.8. The number of aromatic hydroxyl groups is 1. The number of hydrazone groups is 1. The van der Waals surface area contributed by atoms with Gasteiger partial charge in [-0.3, -0.25) is 5.43 Å². The van der Waals surface area contributed by atoms with E-state index < -0.39 is 0 Å². The van der Waals surface area contributed by atoms with Crippen LogP contribution in [0.25, 0.3) is 0 Å². The number of rotatable bonds is 5. The van der Waals surface area contributed by atoms with Crippen LogP contribution < -0.4 is 15.2 Å². The minimum Gasteiger partial charge on any atom is -0.507 e. The molecule has 1 aromatic heterocycles. The highest BCUT2D eigenvalue weighted by Crippen LogP contribution is 2.20. The van der Waals surface area contributed by atoms with Crippen molar-refractivity contribution in [2.75, 3.05) is 43.4 Å². The van der Waals surface area contributed by atoms with Gasteiger partial charge in [-0.05, 0) is 18.2 Å². The molecule has 2 aromatic rings. The second kappa shape index (κ2) is 7.15. The van der Waals surface area contributed by atoms with Crippen LogP contribution in [0.3, 0.4) is 0 Å². The number of nitrogens with zero attached hydrogens (tertiary/aromatic N) is 5. The summed E-state index contributed by atoms with van der Waals surface area (Å²) >= 11 is 5.90. The summed E-state index contributed by atoms with van der Waals surface area (Å²) in [5.41, 5.74) is 3.35. The summed E-state index contributed by atoms with van der Waals surface area (Å²) in [6, 6.07) is 6.53. The van der Waals surface area contributed by atoms with Crippen LogP contribution in [-0.2, 0) is 0 Å². The molecule has 0 aliphatic carbocycles. The van der Waals surface area contributed by atoms with Crippen LogP contribution in [0, 0.1) is 0 Å². The van der Waals surface area contributed by atoms with E-state index in [1.165, 1.54) is 12.3 Å². The summed E-state index contributed by atoms with van der Waals surface area (Å²) in [5, 5.41) is 14.4. The first-order valence-corrected chi connectivity index (χ1v) is 7.26. The molecule has 7 nitrogen and oxygen atoms in total. The number of nitrogens with one attached hydrogen (secondary N) is 1. The van der Waals surface area contributed by atoms with Gasteiger partial charge < -0.3 is 14.9 Å². The van der Waals surface area contributed by atoms with Crippen LogP contribution in [0.2, 0.25) is 5.02 Å². The molecule has 0 fully saturated rings. The van der Waals surface area contributed by atoms with Gasteiger partial charge in [0.15, 0.2) is 5.82 Å². The van der Waals surface area contributed by atoms with E-state index in [4.69, 9.17) is 11.6 Å². The molecule has 0 atom stereocenters. The number of halogens is 1. The van der Waals surface area contributed by atoms with Crippen molar-refractivity contribution in [2.45, 2.75) is 0 Å². The smallest absolute Gasteiger partial charge is 0.228 e. The van der Waals surface area contributed by atoms with Crippen molar-refractivity contribution in [3.05, 3.63) is 34.9 Å². The fraction of sp³-hybridized carbons (Fsp3) is 0.267. The Morgan fingerprint density at radius 3 is 2.52 bits per heavy atom. The maximum Gasteiger partial charge on any atom is 0.228 e. The number of anilines is 3. The van der Waals surface area contributed by atoms with E-state index in [0.29, 0.717) is 22.4 Å². The molecule has 2 rings (SSSR count). The monoisotopic (exact) mass is 334 g/mol. The van der Waals surface area contributed by atoms with Gasteiger partial charge in [-0.15, -0.1) is 0 Å². The van der Waals surface area contributed by atoms with Gasteiger partial charge in [0.05, 0.1) is 6.21 Å². The first-order valence-electron chi connectivity index (χ1n) is 6.88. The molecule has 1 aromatic carbocycles. The van der Waals surface area contributed by atoms with Gasteiger partial charge in [0.1, 0.15) is 11.6 Å². The average molecular weight is 335 g/mol. The maximum absolute atomic E-state index is 9.75. The number of hydrogen-bond donors (Lipinski definition) is 2. The molecule has 0 amide bonds. The average Bonchev–Trinajstić information content (AvgIpc) is 2.50. The zero-order valence-electron chi connectivity index (χ0n) is 13.4. The second-order valence-corrected chi connectivity index (χ2v) is 5.71. The highest BCUT2D eigenvalue weighted by Gasteiger charge is 2.07. The third-order valence-electron chi connectivity index (χ3n) is 2.93. The molecule has 0 spiro atoms. The van der Waals surface area contributed by atoms with E-state index in [1.54, 1.807) is 18.2 Å².